The van der Waals surface area contributed by atoms with Crippen LogP contribution in [0.25, 0.3) is 204 Å². The zero-order chi connectivity index (χ0) is 88.1. The van der Waals surface area contributed by atoms with Crippen molar-refractivity contribution in [3.63, 3.8) is 0 Å². The first-order valence-corrected chi connectivity index (χ1v) is 47.4. The number of hydrogen-bond acceptors (Lipinski definition) is 10. The van der Waals surface area contributed by atoms with Crippen LogP contribution < -0.4 is 20.7 Å². The predicted octanol–water partition coefficient (Wildman–Crippen LogP) is 26.6. The van der Waals surface area contributed by atoms with Crippen molar-refractivity contribution in [2.24, 2.45) is 0 Å². The summed E-state index contributed by atoms with van der Waals surface area (Å²) in [7, 11) is -2.78. The number of hydrogen-bond donors (Lipinski definition) is 0. The van der Waals surface area contributed by atoms with Gasteiger partial charge in [-0.25, -0.2) is 24.9 Å². The van der Waals surface area contributed by atoms with E-state index in [-0.39, 0.29) is 0 Å². The molecule has 624 valence electrons. The number of thiophene rings is 1. The number of fused-ring (bicyclic) bond motifs is 17. The van der Waals surface area contributed by atoms with Crippen molar-refractivity contribution in [3.05, 3.63) is 473 Å². The molecular weight excluding hydrogens is 1660 g/mol. The number of rotatable bonds is 14. The summed E-state index contributed by atoms with van der Waals surface area (Å²) < 4.78 is 9.39. The second-order valence-electron chi connectivity index (χ2n) is 33.0. The van der Waals surface area contributed by atoms with Crippen LogP contribution in [0.2, 0.25) is 0 Å². The lowest BCUT2D eigenvalue weighted by atomic mass is 10.0. The quantitative estimate of drug-likeness (QED) is 0.0771. The highest BCUT2D eigenvalue weighted by atomic mass is 32.1. The van der Waals surface area contributed by atoms with Gasteiger partial charge in [0, 0.05) is 92.4 Å². The van der Waals surface area contributed by atoms with E-state index in [0.29, 0.717) is 52.7 Å². The second-order valence-corrected chi connectivity index (χ2v) is 37.9. The molecule has 26 rings (SSSR count). The molecule has 7 aromatic heterocycles. The lowest BCUT2D eigenvalue weighted by molar-refractivity contribution is 0.953. The molecule has 0 fully saturated rings. The molecule has 0 spiro atoms. The van der Waals surface area contributed by atoms with Crippen LogP contribution in [0.15, 0.2) is 473 Å². The van der Waals surface area contributed by atoms with E-state index in [4.69, 9.17) is 44.9 Å². The Kier molecular flexibility index (Phi) is 20.2. The Hall–Kier alpha value is -17.4. The molecule has 0 aliphatic carbocycles. The average Bonchev–Trinajstić information content (AvgIpc) is 1.23. The number of para-hydroxylation sites is 3. The maximum atomic E-state index is 5.35. The fourth-order valence-corrected chi connectivity index (χ4v) is 25.3. The van der Waals surface area contributed by atoms with Crippen LogP contribution in [0.4, 0.5) is 0 Å². The Bertz CT molecular complexity index is 8660. The Morgan fingerprint density at radius 3 is 0.917 bits per heavy atom. The first-order chi connectivity index (χ1) is 66.0. The molecule has 0 unspecified atom stereocenters. The van der Waals surface area contributed by atoms with E-state index >= 15 is 0 Å². The summed E-state index contributed by atoms with van der Waals surface area (Å²) in [4.78, 5) is 45.3. The topological polar surface area (TPSA) is 131 Å². The maximum Gasteiger partial charge on any atom is 0.238 e. The van der Waals surface area contributed by atoms with Gasteiger partial charge >= 0.3 is 0 Å². The molecule has 0 saturated carbocycles. The third kappa shape index (κ3) is 14.2. The van der Waals surface area contributed by atoms with Gasteiger partial charge in [-0.2, -0.15) is 19.9 Å². The third-order valence-electron chi connectivity index (χ3n) is 25.3. The summed E-state index contributed by atoms with van der Waals surface area (Å²) in [6.45, 7) is 0. The van der Waals surface area contributed by atoms with Crippen LogP contribution in [0.3, 0.4) is 0 Å². The molecular formula is C119H78N12SSi. The highest BCUT2D eigenvalue weighted by Gasteiger charge is 2.42. The smallest absolute Gasteiger partial charge is 0.238 e. The molecule has 133 heavy (non-hydrogen) atoms. The number of nitrogens with zero attached hydrogens (tertiary/aromatic N) is 12. The van der Waals surface area contributed by atoms with Gasteiger partial charge in [0.05, 0.1) is 37.8 Å². The number of aromatic nitrogens is 12. The van der Waals surface area contributed by atoms with Gasteiger partial charge in [-0.3, -0.25) is 9.13 Å². The Morgan fingerprint density at radius 2 is 0.496 bits per heavy atom. The fourth-order valence-electron chi connectivity index (χ4n) is 19.3. The van der Waals surface area contributed by atoms with Crippen LogP contribution >= 0.6 is 11.3 Å². The predicted molar refractivity (Wildman–Crippen MR) is 552 cm³/mol. The van der Waals surface area contributed by atoms with Gasteiger partial charge in [0.1, 0.15) is 0 Å². The van der Waals surface area contributed by atoms with E-state index in [1.54, 1.807) is 0 Å². The molecule has 14 heteroatoms. The Labute approximate surface area is 770 Å². The largest absolute Gasteiger partial charge is 0.308 e. The normalized spacial score (nSPS) is 11.6. The molecule has 0 amide bonds. The van der Waals surface area contributed by atoms with E-state index in [2.05, 4.69) is 347 Å². The zero-order valence-corrected chi connectivity index (χ0v) is 73.6. The van der Waals surface area contributed by atoms with E-state index in [0.717, 1.165) is 66.7 Å². The van der Waals surface area contributed by atoms with Crippen LogP contribution in [0.1, 0.15) is 0 Å². The van der Waals surface area contributed by atoms with Crippen molar-refractivity contribution < 1.29 is 0 Å². The van der Waals surface area contributed by atoms with E-state index < -0.39 is 8.07 Å². The summed E-state index contributed by atoms with van der Waals surface area (Å²) in [5.74, 6) is 5.74. The third-order valence-corrected chi connectivity index (χ3v) is 31.3. The zero-order valence-electron chi connectivity index (χ0n) is 71.8. The van der Waals surface area contributed by atoms with Crippen molar-refractivity contribution in [1.82, 2.24) is 58.6 Å². The Morgan fingerprint density at radius 1 is 0.188 bits per heavy atom. The van der Waals surface area contributed by atoms with E-state index in [1.807, 2.05) is 151 Å². The highest BCUT2D eigenvalue weighted by molar-refractivity contribution is 7.26. The lowest BCUT2D eigenvalue weighted by Gasteiger charge is -2.34. The van der Waals surface area contributed by atoms with Crippen molar-refractivity contribution in [1.29, 1.82) is 0 Å². The summed E-state index contributed by atoms with van der Waals surface area (Å²) in [6.07, 6.45) is 0. The molecule has 0 aliphatic heterocycles. The maximum absolute atomic E-state index is 5.35. The van der Waals surface area contributed by atoms with Crippen molar-refractivity contribution in [3.8, 4) is 97.3 Å². The summed E-state index contributed by atoms with van der Waals surface area (Å²) in [6, 6.07) is 166. The molecule has 0 atom stereocenters. The molecule has 26 aromatic rings. The van der Waals surface area contributed by atoms with Crippen molar-refractivity contribution >= 4 is 147 Å². The van der Waals surface area contributed by atoms with Gasteiger partial charge in [0.25, 0.3) is 0 Å². The van der Waals surface area contributed by atoms with Crippen LogP contribution in [0, 0.1) is 0 Å². The first-order valence-electron chi connectivity index (χ1n) is 44.6. The minimum absolute atomic E-state index is 0.587. The summed E-state index contributed by atoms with van der Waals surface area (Å²) in [5.41, 5.74) is 14.5. The van der Waals surface area contributed by atoms with E-state index in [1.165, 1.54) is 106 Å². The van der Waals surface area contributed by atoms with Gasteiger partial charge in [-0.05, 0) is 103 Å². The van der Waals surface area contributed by atoms with Crippen LogP contribution in [-0.2, 0) is 0 Å². The molecule has 0 saturated heterocycles. The minimum Gasteiger partial charge on any atom is -0.308 e. The standard InChI is InChI=1S/C49H34N4Si.C39H24N4S.C31H20N4/c1-5-19-36(20-6-1)47-50-48(52-49(51-47)53-44-31-16-15-30-43(44)46-42-29-14-13-18-35(42)32-33-45(46)53)37-21-17-28-41(34-37)54(38-22-7-2-8-23-38,39-24-9-3-10-25-39)40-26-11-4-12-27-40;1-3-11-25(12-4-1)37-40-38(26-13-5-2-6-14-26)42-39(41-37)27-19-21-28(22-20-27)43-33-17-9-7-15-29(33)31-23-24-32-30-16-8-10-18-34(30)44-36(32)35(31)43;1-3-12-22(13-4-1)29-32-30(23-14-5-2-6-15-23)34-31(33-29)35-26-18-10-9-17-25(26)28-24-16-8-7-11-21(24)19-20-27(28)35/h1-34H;1-24H;1-20H. The highest BCUT2D eigenvalue weighted by Crippen LogP contribution is 2.45. The van der Waals surface area contributed by atoms with Crippen molar-refractivity contribution in [2.75, 3.05) is 0 Å². The Balaban J connectivity index is 0.000000112. The monoisotopic (exact) mass is 1730 g/mol. The molecule has 0 radical (unpaired) electrons. The first kappa shape index (κ1) is 79.0. The molecule has 19 aromatic carbocycles. The minimum atomic E-state index is -2.78. The molecule has 12 nitrogen and oxygen atoms in total. The second kappa shape index (κ2) is 34.0. The average molecular weight is 1740 g/mol. The molecule has 0 bridgehead atoms. The van der Waals surface area contributed by atoms with Gasteiger partial charge in [-0.1, -0.05) is 413 Å². The summed E-state index contributed by atoms with van der Waals surface area (Å²) >= 11 is 1.87. The fraction of sp³-hybridized carbons (Fsp3) is 0. The van der Waals surface area contributed by atoms with Gasteiger partial charge in [0.2, 0.25) is 11.9 Å². The van der Waals surface area contributed by atoms with Gasteiger partial charge < -0.3 is 4.57 Å². The van der Waals surface area contributed by atoms with Gasteiger partial charge in [0.15, 0.2) is 48.8 Å². The number of benzene rings is 19. The SMILES string of the molecule is c1ccc(-c2nc(-c3cccc([Si](c4ccccc4)(c4ccccc4)c4ccccc4)c3)nc(-n3c4ccccc4c4c5ccccc5ccc43)n2)cc1.c1ccc(-c2nc(-c3ccccc3)nc(-c3ccc(-n4c5ccccc5c5ccc6c7ccccc7sc6c54)cc3)n2)cc1.c1ccc(-c2nc(-c3ccccc3)nc(-n3c4ccccc4c4c5ccccc5ccc43)n2)cc1. The summed E-state index contributed by atoms with van der Waals surface area (Å²) in [5, 5.41) is 19.9. The lowest BCUT2D eigenvalue weighted by Crippen LogP contribution is -2.74. The van der Waals surface area contributed by atoms with Crippen molar-refractivity contribution in [2.45, 2.75) is 0 Å². The molecule has 7 heterocycles. The molecule has 0 N–H and O–H groups in total. The van der Waals surface area contributed by atoms with E-state index in [9.17, 15) is 0 Å². The molecule has 0 aliphatic rings. The van der Waals surface area contributed by atoms with Crippen LogP contribution in [0.5, 0.6) is 0 Å². The van der Waals surface area contributed by atoms with Gasteiger partial charge in [-0.15, -0.1) is 11.3 Å². The van der Waals surface area contributed by atoms with Crippen LogP contribution in [-0.4, -0.2) is 66.6 Å².